The van der Waals surface area contributed by atoms with Crippen LogP contribution in [0, 0.1) is 0 Å². The Kier molecular flexibility index (Phi) is 7.75. The van der Waals surface area contributed by atoms with Gasteiger partial charge in [-0.25, -0.2) is 0 Å². The van der Waals surface area contributed by atoms with Crippen LogP contribution < -0.4 is 4.90 Å². The van der Waals surface area contributed by atoms with Gasteiger partial charge in [0.05, 0.1) is 22.4 Å². The SMILES string of the molecule is c1ccc(-n2c3ccccc3c3ccccc32)c(-c2ccc(N(c3ccc(-c4ccc5c(c4)sc4c6ccccc6ccc54)cc3)c3cccc4ccccc34)cc2)c1. The summed E-state index contributed by atoms with van der Waals surface area (Å²) in [6, 6.07) is 79.8. The van der Waals surface area contributed by atoms with Gasteiger partial charge < -0.3 is 9.47 Å². The van der Waals surface area contributed by atoms with E-state index in [0.29, 0.717) is 0 Å². The van der Waals surface area contributed by atoms with Crippen LogP contribution in [0.2, 0.25) is 0 Å². The van der Waals surface area contributed by atoms with Crippen molar-refractivity contribution < 1.29 is 0 Å². The second kappa shape index (κ2) is 13.6. The Morgan fingerprint density at radius 2 is 0.898 bits per heavy atom. The number of rotatable bonds is 6. The molecule has 0 saturated carbocycles. The number of nitrogens with zero attached hydrogens (tertiary/aromatic N) is 2. The monoisotopic (exact) mass is 768 g/mol. The molecule has 0 aliphatic rings. The molecule has 0 amide bonds. The molecule has 0 aliphatic heterocycles. The topological polar surface area (TPSA) is 8.17 Å². The third kappa shape index (κ3) is 5.47. The van der Waals surface area contributed by atoms with E-state index in [-0.39, 0.29) is 0 Å². The molecule has 0 N–H and O–H groups in total. The second-order valence-corrected chi connectivity index (χ2v) is 16.3. The van der Waals surface area contributed by atoms with Crippen LogP contribution in [0.25, 0.3) is 91.5 Å². The lowest BCUT2D eigenvalue weighted by Crippen LogP contribution is -2.10. The lowest BCUT2D eigenvalue weighted by atomic mass is 10.0. The van der Waals surface area contributed by atoms with Crippen molar-refractivity contribution in [2.45, 2.75) is 0 Å². The van der Waals surface area contributed by atoms with Gasteiger partial charge in [0.2, 0.25) is 0 Å². The quantitative estimate of drug-likeness (QED) is 0.164. The molecule has 3 heteroatoms. The van der Waals surface area contributed by atoms with Crippen LogP contribution in [0.1, 0.15) is 0 Å². The average molecular weight is 769 g/mol. The highest BCUT2D eigenvalue weighted by Crippen LogP contribution is 2.43. The van der Waals surface area contributed by atoms with Gasteiger partial charge in [0.1, 0.15) is 0 Å². The molecule has 0 radical (unpaired) electrons. The van der Waals surface area contributed by atoms with Crippen molar-refractivity contribution in [1.29, 1.82) is 0 Å². The highest BCUT2D eigenvalue weighted by molar-refractivity contribution is 7.26. The molecule has 2 heterocycles. The van der Waals surface area contributed by atoms with Crippen molar-refractivity contribution in [3.8, 4) is 27.9 Å². The Labute approximate surface area is 346 Å². The highest BCUT2D eigenvalue weighted by Gasteiger charge is 2.19. The maximum absolute atomic E-state index is 2.42. The summed E-state index contributed by atoms with van der Waals surface area (Å²) in [7, 11) is 0. The Hall–Kier alpha value is -7.46. The molecule has 2 aromatic heterocycles. The number of anilines is 3. The van der Waals surface area contributed by atoms with Gasteiger partial charge in [-0.2, -0.15) is 0 Å². The van der Waals surface area contributed by atoms with Gasteiger partial charge in [0.25, 0.3) is 0 Å². The van der Waals surface area contributed by atoms with Crippen molar-refractivity contribution in [3.05, 3.63) is 218 Å². The number of aromatic nitrogens is 1. The highest BCUT2D eigenvalue weighted by atomic mass is 32.1. The van der Waals surface area contributed by atoms with E-state index < -0.39 is 0 Å². The van der Waals surface area contributed by atoms with E-state index in [9.17, 15) is 0 Å². The first-order valence-corrected chi connectivity index (χ1v) is 21.0. The first-order chi connectivity index (χ1) is 29.3. The van der Waals surface area contributed by atoms with Crippen molar-refractivity contribution in [2.75, 3.05) is 4.90 Å². The molecule has 0 bridgehead atoms. The zero-order valence-corrected chi connectivity index (χ0v) is 32.9. The van der Waals surface area contributed by atoms with E-state index in [4.69, 9.17) is 0 Å². The zero-order valence-electron chi connectivity index (χ0n) is 32.1. The maximum atomic E-state index is 2.42. The van der Waals surface area contributed by atoms with E-state index in [1.165, 1.54) is 91.5 Å². The fourth-order valence-corrected chi connectivity index (χ4v) is 10.5. The lowest BCUT2D eigenvalue weighted by Gasteiger charge is -2.27. The zero-order chi connectivity index (χ0) is 38.9. The van der Waals surface area contributed by atoms with Gasteiger partial charge in [-0.3, -0.25) is 0 Å². The maximum Gasteiger partial charge on any atom is 0.0541 e. The predicted octanol–water partition coefficient (Wildman–Crippen LogP) is 16.3. The van der Waals surface area contributed by atoms with Crippen LogP contribution in [0.4, 0.5) is 17.1 Å². The number of hydrogen-bond donors (Lipinski definition) is 0. The summed E-state index contributed by atoms with van der Waals surface area (Å²) < 4.78 is 5.09. The molecule has 10 aromatic carbocycles. The first kappa shape index (κ1) is 33.7. The standard InChI is InChI=1S/C56H36N2S/c1-3-15-44-38(12-1)14-11-23-51(44)57(42-30-24-37(25-31-42)41-29-34-49-50-35-28-39-13-2-4-17-46(39)56(50)59-55(49)36-41)43-32-26-40(27-33-43)45-16-5-8-20-52(45)58-53-21-9-6-18-47(53)48-19-7-10-22-54(48)58/h1-36H. The third-order valence-electron chi connectivity index (χ3n) is 12.0. The van der Waals surface area contributed by atoms with Gasteiger partial charge in [-0.15, -0.1) is 11.3 Å². The average Bonchev–Trinajstić information content (AvgIpc) is 3.85. The van der Waals surface area contributed by atoms with E-state index in [1.54, 1.807) is 0 Å². The minimum Gasteiger partial charge on any atom is -0.310 e. The van der Waals surface area contributed by atoms with Crippen molar-refractivity contribution in [3.63, 3.8) is 0 Å². The van der Waals surface area contributed by atoms with Crippen molar-refractivity contribution in [1.82, 2.24) is 4.57 Å². The number of fused-ring (bicyclic) bond motifs is 9. The molecule has 0 atom stereocenters. The first-order valence-electron chi connectivity index (χ1n) is 20.2. The molecule has 2 nitrogen and oxygen atoms in total. The summed E-state index contributed by atoms with van der Waals surface area (Å²) >= 11 is 1.89. The van der Waals surface area contributed by atoms with Crippen LogP contribution in [-0.2, 0) is 0 Å². The van der Waals surface area contributed by atoms with E-state index in [2.05, 4.69) is 228 Å². The molecule has 0 fully saturated rings. The van der Waals surface area contributed by atoms with E-state index >= 15 is 0 Å². The summed E-state index contributed by atoms with van der Waals surface area (Å²) in [5, 5.41) is 10.2. The van der Waals surface area contributed by atoms with Crippen LogP contribution >= 0.6 is 11.3 Å². The summed E-state index contributed by atoms with van der Waals surface area (Å²) in [4.78, 5) is 2.40. The van der Waals surface area contributed by atoms with Crippen LogP contribution in [0.3, 0.4) is 0 Å². The second-order valence-electron chi connectivity index (χ2n) is 15.3. The third-order valence-corrected chi connectivity index (χ3v) is 13.2. The Morgan fingerprint density at radius 3 is 1.63 bits per heavy atom. The molecular formula is C56H36N2S. The molecular weight excluding hydrogens is 733 g/mol. The molecule has 0 spiro atoms. The smallest absolute Gasteiger partial charge is 0.0541 e. The van der Waals surface area contributed by atoms with Crippen molar-refractivity contribution >= 4 is 91.9 Å². The summed E-state index contributed by atoms with van der Waals surface area (Å²) in [6.45, 7) is 0. The van der Waals surface area contributed by atoms with Gasteiger partial charge >= 0.3 is 0 Å². The number of para-hydroxylation sites is 3. The minimum absolute atomic E-state index is 1.10. The van der Waals surface area contributed by atoms with Crippen molar-refractivity contribution in [2.24, 2.45) is 0 Å². The summed E-state index contributed by atoms with van der Waals surface area (Å²) in [5.74, 6) is 0. The van der Waals surface area contributed by atoms with Crippen LogP contribution in [0.5, 0.6) is 0 Å². The van der Waals surface area contributed by atoms with E-state index in [1.807, 2.05) is 11.3 Å². The number of thiophene rings is 1. The van der Waals surface area contributed by atoms with Gasteiger partial charge in [0.15, 0.2) is 0 Å². The fourth-order valence-electron chi connectivity index (χ4n) is 9.20. The Morgan fingerprint density at radius 1 is 0.356 bits per heavy atom. The van der Waals surface area contributed by atoms with Gasteiger partial charge in [-0.05, 0) is 87.4 Å². The molecule has 12 aromatic rings. The van der Waals surface area contributed by atoms with Gasteiger partial charge in [-0.1, -0.05) is 164 Å². The minimum atomic E-state index is 1.10. The molecule has 276 valence electrons. The van der Waals surface area contributed by atoms with Crippen LogP contribution in [0.15, 0.2) is 218 Å². The van der Waals surface area contributed by atoms with Gasteiger partial charge in [0, 0.05) is 53.3 Å². The Bertz CT molecular complexity index is 3500. The number of hydrogen-bond acceptors (Lipinski definition) is 2. The molecule has 0 saturated heterocycles. The normalized spacial score (nSPS) is 11.7. The molecule has 0 aliphatic carbocycles. The summed E-state index contributed by atoms with van der Waals surface area (Å²) in [5.41, 5.74) is 11.7. The molecule has 12 rings (SSSR count). The molecule has 59 heavy (non-hydrogen) atoms. The predicted molar refractivity (Wildman–Crippen MR) is 254 cm³/mol. The largest absolute Gasteiger partial charge is 0.310 e. The van der Waals surface area contributed by atoms with E-state index in [0.717, 1.165) is 17.1 Å². The summed E-state index contributed by atoms with van der Waals surface area (Å²) in [6.07, 6.45) is 0. The fraction of sp³-hybridized carbons (Fsp3) is 0. The number of benzene rings is 10. The molecule has 0 unspecified atom stereocenters. The Balaban J connectivity index is 0.951. The lowest BCUT2D eigenvalue weighted by molar-refractivity contribution is 1.18. The van der Waals surface area contributed by atoms with Crippen LogP contribution in [-0.4, -0.2) is 4.57 Å².